The molecule has 0 N–H and O–H groups in total. The molecule has 188 valence electrons. The Morgan fingerprint density at radius 3 is 1.10 bits per heavy atom. The van der Waals surface area contributed by atoms with Gasteiger partial charge in [-0.15, -0.1) is 0 Å². The van der Waals surface area contributed by atoms with E-state index in [0.717, 1.165) is 13.2 Å². The van der Waals surface area contributed by atoms with Crippen molar-refractivity contribution < 1.29 is 7.56 Å². The molecule has 0 aliphatic carbocycles. The molecule has 0 fully saturated rings. The summed E-state index contributed by atoms with van der Waals surface area (Å²) >= 11 is -6.26. The van der Waals surface area contributed by atoms with Gasteiger partial charge in [-0.3, -0.25) is 0 Å². The van der Waals surface area contributed by atoms with Crippen LogP contribution in [-0.4, -0.2) is 51.6 Å². The van der Waals surface area contributed by atoms with E-state index in [0.29, 0.717) is 0 Å². The van der Waals surface area contributed by atoms with Gasteiger partial charge in [0.25, 0.3) is 0 Å². The molecule has 0 saturated carbocycles. The van der Waals surface area contributed by atoms with Gasteiger partial charge in [0.05, 0.1) is 0 Å². The second-order valence-electron chi connectivity index (χ2n) is 9.45. The fraction of sp³-hybridized carbons (Fsp3) is 1.00. The summed E-state index contributed by atoms with van der Waals surface area (Å²) < 4.78 is 26.2. The van der Waals surface area contributed by atoms with E-state index < -0.39 is 38.4 Å². The van der Waals surface area contributed by atoms with Crippen LogP contribution in [0.15, 0.2) is 0 Å². The first kappa shape index (κ1) is 32.5. The normalized spacial score (nSPS) is 15.7. The Morgan fingerprint density at radius 2 is 0.774 bits per heavy atom. The molecule has 5 heteroatoms. The standard InChI is InChI=1S/2C6H13O.2C4H9.2C3H7.O.2Sn/c2*1-2-3-4-5-6-7;2*1-3-4-2;2*1-3-2;;;/h2*2-6H2,1H3;2*1,3-4H2,2H3;2*1,3H2,2H3;;;/q2*-1;;;;;;2*+1. The molecule has 0 rings (SSSR count). The minimum absolute atomic E-state index is 0.929. The van der Waals surface area contributed by atoms with Crippen LogP contribution in [0.2, 0.25) is 17.7 Å². The van der Waals surface area contributed by atoms with Gasteiger partial charge in [-0.05, 0) is 0 Å². The van der Waals surface area contributed by atoms with Crippen molar-refractivity contribution in [3.63, 3.8) is 0 Å². The predicted octanol–water partition coefficient (Wildman–Crippen LogP) is 9.50. The zero-order valence-corrected chi connectivity index (χ0v) is 28.1. The summed E-state index contributed by atoms with van der Waals surface area (Å²) in [4.78, 5) is 0. The molecule has 0 heterocycles. The fourth-order valence-corrected chi connectivity index (χ4v) is 46.3. The van der Waals surface area contributed by atoms with E-state index in [4.69, 9.17) is 7.56 Å². The molecule has 0 spiro atoms. The average Bonchev–Trinajstić information content (AvgIpc) is 2.76. The van der Waals surface area contributed by atoms with E-state index in [1.165, 1.54) is 108 Å². The number of hydrogen-bond donors (Lipinski definition) is 0. The van der Waals surface area contributed by atoms with Crippen molar-refractivity contribution in [1.29, 1.82) is 0 Å². The summed E-state index contributed by atoms with van der Waals surface area (Å²) in [5, 5.41) is 0. The van der Waals surface area contributed by atoms with Crippen LogP contribution < -0.4 is 0 Å². The van der Waals surface area contributed by atoms with E-state index in [1.807, 2.05) is 0 Å². The minimum atomic E-state index is -3.13. The van der Waals surface area contributed by atoms with Crippen molar-refractivity contribution in [2.45, 2.75) is 149 Å². The third-order valence-corrected chi connectivity index (χ3v) is 40.3. The maximum atomic E-state index is 7.50. The Morgan fingerprint density at radius 1 is 0.387 bits per heavy atom. The first-order valence-electron chi connectivity index (χ1n) is 14.1. The van der Waals surface area contributed by atoms with Gasteiger partial charge in [-0.2, -0.15) is 0 Å². The summed E-state index contributed by atoms with van der Waals surface area (Å²) in [6.45, 7) is 15.7. The van der Waals surface area contributed by atoms with Crippen LogP contribution >= 0.6 is 0 Å². The summed E-state index contributed by atoms with van der Waals surface area (Å²) in [6, 6.07) is 0. The summed E-state index contributed by atoms with van der Waals surface area (Å²) in [5.74, 6) is 0. The molecular formula is C26H58O3Sn2. The molecule has 0 aromatic rings. The van der Waals surface area contributed by atoms with E-state index in [-0.39, 0.29) is 0 Å². The zero-order valence-electron chi connectivity index (χ0n) is 22.4. The summed E-state index contributed by atoms with van der Waals surface area (Å²) in [5.41, 5.74) is 0. The Hall–Kier alpha value is 1.48. The van der Waals surface area contributed by atoms with Gasteiger partial charge in [0, 0.05) is 0 Å². The average molecular weight is 656 g/mol. The van der Waals surface area contributed by atoms with Crippen molar-refractivity contribution in [2.24, 2.45) is 0 Å². The van der Waals surface area contributed by atoms with E-state index in [9.17, 15) is 0 Å². The van der Waals surface area contributed by atoms with E-state index in [1.54, 1.807) is 0 Å². The van der Waals surface area contributed by atoms with Crippen LogP contribution in [0.1, 0.15) is 131 Å². The quantitative estimate of drug-likeness (QED) is 0.0766. The number of rotatable bonds is 24. The predicted molar refractivity (Wildman–Crippen MR) is 142 cm³/mol. The molecule has 3 nitrogen and oxygen atoms in total. The van der Waals surface area contributed by atoms with Gasteiger partial charge < -0.3 is 0 Å². The SMILES string of the molecule is CCCCCC[O][Sn]([CH2]CC)([CH2]CCC)[O][Sn]([CH2]CC)([CH2]CCC)[O]CCCCCC. The van der Waals surface area contributed by atoms with Crippen molar-refractivity contribution in [2.75, 3.05) is 13.2 Å². The molecule has 0 saturated heterocycles. The van der Waals surface area contributed by atoms with Gasteiger partial charge >= 0.3 is 208 Å². The van der Waals surface area contributed by atoms with Gasteiger partial charge in [0.2, 0.25) is 0 Å². The Balaban J connectivity index is 5.48. The van der Waals surface area contributed by atoms with Gasteiger partial charge in [0.15, 0.2) is 0 Å². The van der Waals surface area contributed by atoms with Crippen LogP contribution in [0, 0.1) is 0 Å². The molecule has 0 aliphatic heterocycles. The van der Waals surface area contributed by atoms with Crippen LogP contribution in [-0.2, 0) is 7.56 Å². The van der Waals surface area contributed by atoms with Crippen LogP contribution in [0.3, 0.4) is 0 Å². The van der Waals surface area contributed by atoms with Gasteiger partial charge in [0.1, 0.15) is 0 Å². The molecule has 0 aliphatic rings. The van der Waals surface area contributed by atoms with E-state index in [2.05, 4.69) is 41.5 Å². The monoisotopic (exact) mass is 658 g/mol. The second-order valence-corrected chi connectivity index (χ2v) is 31.7. The number of hydrogen-bond acceptors (Lipinski definition) is 3. The third kappa shape index (κ3) is 15.9. The summed E-state index contributed by atoms with van der Waals surface area (Å²) in [7, 11) is 0. The Kier molecular flexibility index (Phi) is 23.0. The molecular weight excluding hydrogens is 598 g/mol. The molecule has 31 heavy (non-hydrogen) atoms. The molecule has 0 bridgehead atoms. The molecule has 0 amide bonds. The van der Waals surface area contributed by atoms with Gasteiger partial charge in [-0.25, -0.2) is 0 Å². The maximum absolute atomic E-state index is 7.50. The summed E-state index contributed by atoms with van der Waals surface area (Å²) in [6.07, 6.45) is 17.6. The van der Waals surface area contributed by atoms with Crippen LogP contribution in [0.4, 0.5) is 0 Å². The third-order valence-electron chi connectivity index (χ3n) is 6.18. The molecule has 0 aromatic carbocycles. The molecule has 2 unspecified atom stereocenters. The first-order chi connectivity index (χ1) is 15.1. The zero-order chi connectivity index (χ0) is 23.3. The van der Waals surface area contributed by atoms with E-state index >= 15 is 0 Å². The first-order valence-corrected chi connectivity index (χ1v) is 26.8. The number of unbranched alkanes of at least 4 members (excludes halogenated alkanes) is 8. The van der Waals surface area contributed by atoms with Crippen molar-refractivity contribution in [3.05, 3.63) is 0 Å². The molecule has 0 radical (unpaired) electrons. The topological polar surface area (TPSA) is 27.7 Å². The Bertz CT molecular complexity index is 350. The van der Waals surface area contributed by atoms with Crippen LogP contribution in [0.25, 0.3) is 0 Å². The Labute approximate surface area is 207 Å². The van der Waals surface area contributed by atoms with Gasteiger partial charge in [-0.1, -0.05) is 0 Å². The fourth-order valence-electron chi connectivity index (χ4n) is 4.37. The van der Waals surface area contributed by atoms with Crippen molar-refractivity contribution in [3.8, 4) is 0 Å². The van der Waals surface area contributed by atoms with Crippen molar-refractivity contribution >= 4 is 38.4 Å². The van der Waals surface area contributed by atoms with Crippen LogP contribution in [0.5, 0.6) is 0 Å². The molecule has 0 aromatic heterocycles. The van der Waals surface area contributed by atoms with Crippen molar-refractivity contribution in [1.82, 2.24) is 0 Å². The molecule has 2 atom stereocenters. The second kappa shape index (κ2) is 22.0.